The van der Waals surface area contributed by atoms with Crippen molar-refractivity contribution in [1.29, 1.82) is 0 Å². The summed E-state index contributed by atoms with van der Waals surface area (Å²) in [4.78, 5) is 16.4. The first kappa shape index (κ1) is 13.3. The Kier molecular flexibility index (Phi) is 3.95. The van der Waals surface area contributed by atoms with E-state index in [0.717, 1.165) is 16.7 Å². The van der Waals surface area contributed by atoms with E-state index in [1.54, 1.807) is 25.4 Å². The molecule has 2 rings (SSSR count). The molecule has 0 saturated heterocycles. The molecule has 0 aliphatic rings. The summed E-state index contributed by atoms with van der Waals surface area (Å²) >= 11 is 0. The minimum Gasteiger partial charge on any atom is -0.494 e. The number of pyridine rings is 1. The van der Waals surface area contributed by atoms with Gasteiger partial charge in [-0.3, -0.25) is 4.79 Å². The number of nitrogens with zero attached hydrogens (tertiary/aromatic N) is 1. The van der Waals surface area contributed by atoms with Gasteiger partial charge in [0.25, 0.3) is 0 Å². The molecule has 0 spiro atoms. The molecular weight excluding hydrogens is 238 g/mol. The number of Topliss-reactive ketones (excluding diaryl/α,β-unsaturated/α-hetero) is 1. The van der Waals surface area contributed by atoms with E-state index in [4.69, 9.17) is 4.74 Å². The summed E-state index contributed by atoms with van der Waals surface area (Å²) in [5, 5.41) is 0. The molecule has 1 heterocycles. The summed E-state index contributed by atoms with van der Waals surface area (Å²) < 4.78 is 5.17. The molecule has 1 aromatic heterocycles. The number of carbonyl (C=O) groups is 1. The van der Waals surface area contributed by atoms with Crippen molar-refractivity contribution in [2.75, 3.05) is 7.11 Å². The van der Waals surface area contributed by atoms with Crippen LogP contribution in [0.15, 0.2) is 36.5 Å². The van der Waals surface area contributed by atoms with E-state index in [0.29, 0.717) is 17.9 Å². The molecule has 2 aromatic rings. The average molecular weight is 255 g/mol. The lowest BCUT2D eigenvalue weighted by molar-refractivity contribution is 0.0985. The molecule has 0 amide bonds. The molecule has 3 heteroatoms. The Labute approximate surface area is 113 Å². The maximum Gasteiger partial charge on any atom is 0.189 e. The fourth-order valence-corrected chi connectivity index (χ4v) is 2.20. The number of benzene rings is 1. The number of hydrogen-bond donors (Lipinski definition) is 0. The lowest BCUT2D eigenvalue weighted by atomic mass is 10.0. The van der Waals surface area contributed by atoms with Gasteiger partial charge in [-0.2, -0.15) is 0 Å². The van der Waals surface area contributed by atoms with E-state index >= 15 is 0 Å². The average Bonchev–Trinajstić information content (AvgIpc) is 2.37. The largest absolute Gasteiger partial charge is 0.494 e. The van der Waals surface area contributed by atoms with Crippen LogP contribution >= 0.6 is 0 Å². The topological polar surface area (TPSA) is 39.2 Å². The van der Waals surface area contributed by atoms with Crippen molar-refractivity contribution >= 4 is 5.78 Å². The van der Waals surface area contributed by atoms with Crippen LogP contribution in [-0.2, 0) is 6.42 Å². The predicted molar refractivity (Wildman–Crippen MR) is 74.7 cm³/mol. The molecule has 0 radical (unpaired) electrons. The summed E-state index contributed by atoms with van der Waals surface area (Å²) in [5.74, 6) is 0.499. The molecule has 0 saturated carbocycles. The molecule has 1 aromatic carbocycles. The molecule has 3 nitrogen and oxygen atoms in total. The van der Waals surface area contributed by atoms with E-state index in [9.17, 15) is 4.79 Å². The summed E-state index contributed by atoms with van der Waals surface area (Å²) in [5.41, 5.74) is 3.73. The van der Waals surface area contributed by atoms with E-state index in [-0.39, 0.29) is 5.78 Å². The van der Waals surface area contributed by atoms with E-state index in [1.165, 1.54) is 0 Å². The Balaban J connectivity index is 2.25. The highest BCUT2D eigenvalue weighted by molar-refractivity contribution is 5.98. The zero-order valence-corrected chi connectivity index (χ0v) is 11.4. The van der Waals surface area contributed by atoms with Gasteiger partial charge in [0, 0.05) is 12.6 Å². The molecular formula is C16H17NO2. The van der Waals surface area contributed by atoms with Crippen molar-refractivity contribution in [1.82, 2.24) is 4.98 Å². The second kappa shape index (κ2) is 5.65. The van der Waals surface area contributed by atoms with Gasteiger partial charge in [-0.05, 0) is 31.5 Å². The number of carbonyl (C=O) groups excluding carboxylic acids is 1. The monoisotopic (exact) mass is 255 g/mol. The van der Waals surface area contributed by atoms with Crippen molar-refractivity contribution in [3.63, 3.8) is 0 Å². The number of ether oxygens (including phenoxy) is 1. The lowest BCUT2D eigenvalue weighted by Gasteiger charge is -2.07. The fraction of sp³-hybridized carbons (Fsp3) is 0.250. The zero-order chi connectivity index (χ0) is 13.8. The molecule has 0 atom stereocenters. The van der Waals surface area contributed by atoms with Crippen molar-refractivity contribution in [3.8, 4) is 5.75 Å². The van der Waals surface area contributed by atoms with Crippen LogP contribution < -0.4 is 4.74 Å². The van der Waals surface area contributed by atoms with Crippen LogP contribution in [0.2, 0.25) is 0 Å². The van der Waals surface area contributed by atoms with E-state index < -0.39 is 0 Å². The van der Waals surface area contributed by atoms with Crippen molar-refractivity contribution < 1.29 is 9.53 Å². The van der Waals surface area contributed by atoms with Gasteiger partial charge >= 0.3 is 0 Å². The van der Waals surface area contributed by atoms with Crippen LogP contribution in [-0.4, -0.2) is 17.9 Å². The van der Waals surface area contributed by atoms with Gasteiger partial charge in [0.2, 0.25) is 0 Å². The molecule has 0 fully saturated rings. The third-order valence-electron chi connectivity index (χ3n) is 2.90. The number of rotatable bonds is 4. The van der Waals surface area contributed by atoms with Gasteiger partial charge in [-0.25, -0.2) is 4.98 Å². The number of aryl methyl sites for hydroxylation is 2. The molecule has 98 valence electrons. The smallest absolute Gasteiger partial charge is 0.189 e. The first-order chi connectivity index (χ1) is 9.10. The SMILES string of the molecule is COc1cccnc1C(=O)Cc1cc(C)cc(C)c1. The second-order valence-electron chi connectivity index (χ2n) is 4.65. The maximum atomic E-state index is 12.3. The van der Waals surface area contributed by atoms with E-state index in [1.807, 2.05) is 26.0 Å². The normalized spacial score (nSPS) is 10.3. The quantitative estimate of drug-likeness (QED) is 0.788. The molecule has 0 aliphatic heterocycles. The second-order valence-corrected chi connectivity index (χ2v) is 4.65. The standard InChI is InChI=1S/C16H17NO2/c1-11-7-12(2)9-13(8-11)10-14(18)16-15(19-3)5-4-6-17-16/h4-9H,10H2,1-3H3. The maximum absolute atomic E-state index is 12.3. The minimum absolute atomic E-state index is 0.0255. The van der Waals surface area contributed by atoms with Crippen LogP contribution in [0.3, 0.4) is 0 Å². The molecule has 0 unspecified atom stereocenters. The summed E-state index contributed by atoms with van der Waals surface area (Å²) in [6, 6.07) is 9.66. The number of methoxy groups -OCH3 is 1. The van der Waals surface area contributed by atoms with Gasteiger partial charge < -0.3 is 4.74 Å². The number of ketones is 1. The first-order valence-electron chi connectivity index (χ1n) is 6.19. The predicted octanol–water partition coefficient (Wildman–Crippen LogP) is 3.13. The van der Waals surface area contributed by atoms with Gasteiger partial charge in [0.05, 0.1) is 7.11 Å². The van der Waals surface area contributed by atoms with Crippen LogP contribution in [0, 0.1) is 13.8 Å². The Morgan fingerprint density at radius 3 is 2.53 bits per heavy atom. The number of aromatic nitrogens is 1. The highest BCUT2D eigenvalue weighted by atomic mass is 16.5. The lowest BCUT2D eigenvalue weighted by Crippen LogP contribution is -2.08. The summed E-state index contributed by atoms with van der Waals surface area (Å²) in [6.07, 6.45) is 1.95. The van der Waals surface area contributed by atoms with Crippen molar-refractivity contribution in [2.45, 2.75) is 20.3 Å². The Hall–Kier alpha value is -2.16. The third kappa shape index (κ3) is 3.19. The highest BCUT2D eigenvalue weighted by Crippen LogP contribution is 2.18. The number of hydrogen-bond acceptors (Lipinski definition) is 3. The van der Waals surface area contributed by atoms with Crippen LogP contribution in [0.4, 0.5) is 0 Å². The summed E-state index contributed by atoms with van der Waals surface area (Å²) in [7, 11) is 1.55. The van der Waals surface area contributed by atoms with Crippen LogP contribution in [0.1, 0.15) is 27.2 Å². The van der Waals surface area contributed by atoms with Crippen LogP contribution in [0.5, 0.6) is 5.75 Å². The Morgan fingerprint density at radius 2 is 1.89 bits per heavy atom. The van der Waals surface area contributed by atoms with E-state index in [2.05, 4.69) is 11.1 Å². The molecule has 19 heavy (non-hydrogen) atoms. The molecule has 0 bridgehead atoms. The Morgan fingerprint density at radius 1 is 1.21 bits per heavy atom. The molecule has 0 N–H and O–H groups in total. The van der Waals surface area contributed by atoms with Crippen molar-refractivity contribution in [2.24, 2.45) is 0 Å². The minimum atomic E-state index is -0.0255. The highest BCUT2D eigenvalue weighted by Gasteiger charge is 2.14. The summed E-state index contributed by atoms with van der Waals surface area (Å²) in [6.45, 7) is 4.06. The zero-order valence-electron chi connectivity index (χ0n) is 11.4. The fourth-order valence-electron chi connectivity index (χ4n) is 2.20. The molecule has 0 aliphatic carbocycles. The third-order valence-corrected chi connectivity index (χ3v) is 2.90. The Bertz CT molecular complexity index is 585. The van der Waals surface area contributed by atoms with Gasteiger partial charge in [-0.1, -0.05) is 29.3 Å². The first-order valence-corrected chi connectivity index (χ1v) is 6.19. The van der Waals surface area contributed by atoms with Gasteiger partial charge in [0.1, 0.15) is 11.4 Å². The van der Waals surface area contributed by atoms with Gasteiger partial charge in [-0.15, -0.1) is 0 Å². The van der Waals surface area contributed by atoms with Gasteiger partial charge in [0.15, 0.2) is 5.78 Å². The van der Waals surface area contributed by atoms with Crippen molar-refractivity contribution in [3.05, 3.63) is 58.9 Å². The van der Waals surface area contributed by atoms with Crippen LogP contribution in [0.25, 0.3) is 0 Å².